The molecule has 0 bridgehead atoms. The number of carbonyl (C=O) groups excluding carboxylic acids is 4. The molecule has 3 aromatic heterocycles. The first-order chi connectivity index (χ1) is 32.7. The molecule has 350 valence electrons. The van der Waals surface area contributed by atoms with Crippen molar-refractivity contribution in [1.82, 2.24) is 35.1 Å². The second-order valence-electron chi connectivity index (χ2n) is 17.9. The van der Waals surface area contributed by atoms with E-state index in [4.69, 9.17) is 15.0 Å². The molecule has 0 spiro atoms. The quantitative estimate of drug-likeness (QED) is 0.0528. The van der Waals surface area contributed by atoms with Crippen molar-refractivity contribution in [3.8, 4) is 0 Å². The summed E-state index contributed by atoms with van der Waals surface area (Å²) in [4.78, 5) is 77.7. The fourth-order valence-corrected chi connectivity index (χ4v) is 9.45. The third-order valence-corrected chi connectivity index (χ3v) is 13.3. The number of hydrogen-bond acceptors (Lipinski definition) is 14. The topological polar surface area (TPSA) is 201 Å². The number of carbonyl (C=O) groups is 4. The fraction of sp³-hybridized carbons (Fsp3) is 0.429. The molecule has 0 aliphatic carbocycles. The summed E-state index contributed by atoms with van der Waals surface area (Å²) in [5, 5.41) is 22.5. The Labute approximate surface area is 388 Å². The number of benzene rings is 2. The molecule has 5 aromatic rings. The lowest BCUT2D eigenvalue weighted by Crippen LogP contribution is -2.52. The van der Waals surface area contributed by atoms with Crippen LogP contribution in [0.4, 0.5) is 44.9 Å². The molecule has 0 saturated carbocycles. The van der Waals surface area contributed by atoms with Gasteiger partial charge in [-0.15, -0.1) is 0 Å². The van der Waals surface area contributed by atoms with Gasteiger partial charge in [-0.25, -0.2) is 19.3 Å². The first-order valence-corrected chi connectivity index (χ1v) is 23.5. The van der Waals surface area contributed by atoms with Gasteiger partial charge in [0.25, 0.3) is 5.91 Å². The summed E-state index contributed by atoms with van der Waals surface area (Å²) in [5.74, 6) is 1.28. The summed E-state index contributed by atoms with van der Waals surface area (Å²) < 4.78 is 13.6. The van der Waals surface area contributed by atoms with Gasteiger partial charge in [0.05, 0.1) is 23.6 Å². The van der Waals surface area contributed by atoms with Gasteiger partial charge in [-0.2, -0.15) is 4.98 Å². The Morgan fingerprint density at radius 3 is 2.34 bits per heavy atom. The standard InChI is InChI=1S/C49H57FN12O5/c50-33-10-12-34(13-11-33)53-49-55-40-29-52-43(27-37(40)46(58-49)61-21-18-32(31-63)19-22-61)56-42-16-14-35(28-51-42)60-25-23-59(24-26-60)20-5-3-1-2-4-9-44(64)54-39-8-6-7-36-38(39)30-62(48(36)67)41-15-17-45(65)57-47(41)66/h6-8,10-14,16,27-29,32,41,63H,1-5,9,15,17-26,30-31H2,(H,54,64)(H,51,52,56)(H,53,55,58)(H,57,65,66). The zero-order valence-electron chi connectivity index (χ0n) is 37.6. The van der Waals surface area contributed by atoms with E-state index in [1.54, 1.807) is 36.5 Å². The van der Waals surface area contributed by atoms with Crippen LogP contribution in [0.15, 0.2) is 73.1 Å². The van der Waals surface area contributed by atoms with Crippen molar-refractivity contribution in [3.63, 3.8) is 0 Å². The Bertz CT molecular complexity index is 2580. The summed E-state index contributed by atoms with van der Waals surface area (Å²) >= 11 is 0. The number of amides is 4. The molecule has 4 aliphatic rings. The Balaban J connectivity index is 0.697. The van der Waals surface area contributed by atoms with Crippen LogP contribution in [-0.2, 0) is 20.9 Å². The van der Waals surface area contributed by atoms with Crippen LogP contribution in [0.1, 0.15) is 80.1 Å². The minimum atomic E-state index is -0.698. The van der Waals surface area contributed by atoms with Gasteiger partial charge in [0.1, 0.15) is 29.3 Å². The average molecular weight is 913 g/mol. The molecule has 1 atom stereocenters. The number of anilines is 7. The van der Waals surface area contributed by atoms with Gasteiger partial charge in [0, 0.05) is 93.1 Å². The van der Waals surface area contributed by atoms with E-state index in [0.29, 0.717) is 58.4 Å². The summed E-state index contributed by atoms with van der Waals surface area (Å²) in [6.45, 7) is 6.73. The monoisotopic (exact) mass is 912 g/mol. The summed E-state index contributed by atoms with van der Waals surface area (Å²) in [6, 6.07) is 16.6. The van der Waals surface area contributed by atoms with Crippen molar-refractivity contribution in [3.05, 3.63) is 90.0 Å². The first-order valence-electron chi connectivity index (χ1n) is 23.5. The molecule has 5 N–H and O–H groups in total. The number of rotatable bonds is 17. The van der Waals surface area contributed by atoms with E-state index in [-0.39, 0.29) is 49.0 Å². The maximum Gasteiger partial charge on any atom is 0.255 e. The molecule has 1 unspecified atom stereocenters. The highest BCUT2D eigenvalue weighted by atomic mass is 19.1. The number of hydrogen-bond donors (Lipinski definition) is 5. The molecule has 2 aromatic carbocycles. The number of piperazine rings is 1. The molecular formula is C49H57FN12O5. The highest BCUT2D eigenvalue weighted by Crippen LogP contribution is 2.34. The van der Waals surface area contributed by atoms with Gasteiger partial charge in [-0.1, -0.05) is 25.3 Å². The van der Waals surface area contributed by atoms with Crippen LogP contribution in [0, 0.1) is 11.7 Å². The number of nitrogens with one attached hydrogen (secondary N) is 4. The first kappa shape index (κ1) is 45.4. The fourth-order valence-electron chi connectivity index (χ4n) is 9.45. The normalized spacial score (nSPS) is 18.0. The van der Waals surface area contributed by atoms with Crippen LogP contribution in [0.3, 0.4) is 0 Å². The Hall–Kier alpha value is -6.79. The zero-order chi connectivity index (χ0) is 46.3. The molecule has 9 rings (SSSR count). The maximum atomic E-state index is 13.6. The Morgan fingerprint density at radius 2 is 1.58 bits per heavy atom. The molecule has 4 amide bonds. The molecule has 3 saturated heterocycles. The summed E-state index contributed by atoms with van der Waals surface area (Å²) in [5.41, 5.74) is 4.20. The van der Waals surface area contributed by atoms with Crippen LogP contribution in [0.2, 0.25) is 0 Å². The number of aliphatic hydroxyl groups excluding tert-OH is 1. The van der Waals surface area contributed by atoms with Crippen molar-refractivity contribution in [2.45, 2.75) is 76.8 Å². The molecule has 3 fully saturated rings. The number of unbranched alkanes of at least 4 members (excludes halogenated alkanes) is 4. The van der Waals surface area contributed by atoms with Crippen molar-refractivity contribution >= 4 is 75.0 Å². The molecule has 4 aliphatic heterocycles. The second-order valence-corrected chi connectivity index (χ2v) is 17.9. The van der Waals surface area contributed by atoms with Gasteiger partial charge in [-0.3, -0.25) is 29.4 Å². The SMILES string of the molecule is O=C1CCC(N2Cc3c(NC(=O)CCCCCCCN4CCN(c5ccc(Nc6cc7c(N8CCC(CO)CC8)nc(Nc8ccc(F)cc8)nc7cn6)nc5)CC4)cccc3C2=O)C(=O)N1. The second kappa shape index (κ2) is 20.8. The van der Waals surface area contributed by atoms with Gasteiger partial charge in [0.2, 0.25) is 23.7 Å². The van der Waals surface area contributed by atoms with Gasteiger partial charge < -0.3 is 35.8 Å². The van der Waals surface area contributed by atoms with Crippen LogP contribution in [-0.4, -0.2) is 117 Å². The lowest BCUT2D eigenvalue weighted by molar-refractivity contribution is -0.137. The van der Waals surface area contributed by atoms with Crippen molar-refractivity contribution in [2.75, 3.05) is 78.2 Å². The molecular weight excluding hydrogens is 856 g/mol. The third kappa shape index (κ3) is 10.9. The summed E-state index contributed by atoms with van der Waals surface area (Å²) in [6.07, 6.45) is 11.2. The smallest absolute Gasteiger partial charge is 0.255 e. The van der Waals surface area contributed by atoms with E-state index in [1.165, 1.54) is 17.0 Å². The molecule has 18 heteroatoms. The highest BCUT2D eigenvalue weighted by Gasteiger charge is 2.40. The Kier molecular flexibility index (Phi) is 14.1. The highest BCUT2D eigenvalue weighted by molar-refractivity contribution is 6.07. The van der Waals surface area contributed by atoms with Crippen LogP contribution in [0.25, 0.3) is 10.9 Å². The largest absolute Gasteiger partial charge is 0.396 e. The minimum Gasteiger partial charge on any atom is -0.396 e. The maximum absolute atomic E-state index is 13.6. The van der Waals surface area contributed by atoms with Gasteiger partial charge in [0.15, 0.2) is 0 Å². The van der Waals surface area contributed by atoms with E-state index < -0.39 is 11.9 Å². The number of imide groups is 1. The van der Waals surface area contributed by atoms with E-state index in [2.05, 4.69) is 47.0 Å². The number of fused-ring (bicyclic) bond motifs is 2. The van der Waals surface area contributed by atoms with E-state index in [1.807, 2.05) is 18.3 Å². The van der Waals surface area contributed by atoms with Crippen LogP contribution >= 0.6 is 0 Å². The lowest BCUT2D eigenvalue weighted by atomic mass is 9.98. The third-order valence-electron chi connectivity index (χ3n) is 13.3. The van der Waals surface area contributed by atoms with Crippen molar-refractivity contribution in [2.24, 2.45) is 5.92 Å². The van der Waals surface area contributed by atoms with Gasteiger partial charge in [-0.05, 0) is 99.2 Å². The predicted octanol–water partition coefficient (Wildman–Crippen LogP) is 6.12. The predicted molar refractivity (Wildman–Crippen MR) is 254 cm³/mol. The van der Waals surface area contributed by atoms with E-state index in [9.17, 15) is 28.7 Å². The molecule has 7 heterocycles. The average Bonchev–Trinajstić information content (AvgIpc) is 3.68. The zero-order valence-corrected chi connectivity index (χ0v) is 37.6. The van der Waals surface area contributed by atoms with Crippen molar-refractivity contribution < 1.29 is 28.7 Å². The Morgan fingerprint density at radius 1 is 0.806 bits per heavy atom. The molecule has 0 radical (unpaired) electrons. The lowest BCUT2D eigenvalue weighted by Gasteiger charge is -2.36. The molecule has 67 heavy (non-hydrogen) atoms. The number of aliphatic hydroxyl groups is 1. The number of halogens is 1. The number of piperidine rings is 2. The van der Waals surface area contributed by atoms with Crippen LogP contribution < -0.4 is 31.1 Å². The van der Waals surface area contributed by atoms with E-state index >= 15 is 0 Å². The number of aromatic nitrogens is 4. The van der Waals surface area contributed by atoms with E-state index in [0.717, 1.165) is 108 Å². The minimum absolute atomic E-state index is 0.0912. The van der Waals surface area contributed by atoms with Gasteiger partial charge >= 0.3 is 0 Å². The summed E-state index contributed by atoms with van der Waals surface area (Å²) in [7, 11) is 0. The van der Waals surface area contributed by atoms with Crippen LogP contribution in [0.5, 0.6) is 0 Å². The number of pyridine rings is 2. The van der Waals surface area contributed by atoms with Crippen molar-refractivity contribution in [1.29, 1.82) is 0 Å². The number of nitrogens with zero attached hydrogens (tertiary/aromatic N) is 8. The molecule has 17 nitrogen and oxygen atoms in total.